The Morgan fingerprint density at radius 3 is 2.57 bits per heavy atom. The van der Waals surface area contributed by atoms with Crippen LogP contribution in [0.1, 0.15) is 37.3 Å². The van der Waals surface area contributed by atoms with Gasteiger partial charge in [0.15, 0.2) is 0 Å². The molecule has 8 nitrogen and oxygen atoms in total. The minimum atomic E-state index is -0.179. The standard InChI is InChI=1S/C26H36N6O2.ClH/c1-34-15-12-28-26-29-16-23-24(18-32(25(23)30-26)21-6-8-22(33)9-7-21)20-4-2-19(3-5-20)17-31-13-10-27-11-14-31;/h2-5,16,18,21-22,27,33H,6-15,17H2,1H3,(H,28,29,30);1H. The van der Waals surface area contributed by atoms with Gasteiger partial charge in [0, 0.05) is 75.8 Å². The lowest BCUT2D eigenvalue weighted by Crippen LogP contribution is -2.42. The third-order valence-electron chi connectivity index (χ3n) is 7.10. The van der Waals surface area contributed by atoms with E-state index in [-0.39, 0.29) is 18.5 Å². The SMILES string of the molecule is COCCNc1ncc2c(-c3ccc(CN4CCNCC4)cc3)cn(C3CCC(O)CC3)c2n1.Cl. The van der Waals surface area contributed by atoms with E-state index in [9.17, 15) is 5.11 Å². The van der Waals surface area contributed by atoms with Crippen molar-refractivity contribution in [2.45, 2.75) is 44.4 Å². The normalized spacial score (nSPS) is 21.1. The topological polar surface area (TPSA) is 87.5 Å². The molecule has 3 heterocycles. The fraction of sp³-hybridized carbons (Fsp3) is 0.538. The van der Waals surface area contributed by atoms with Crippen LogP contribution in [0.5, 0.6) is 0 Å². The molecule has 1 aromatic carbocycles. The molecular formula is C26H37ClN6O2. The van der Waals surface area contributed by atoms with E-state index in [2.05, 4.69) is 55.5 Å². The Labute approximate surface area is 213 Å². The van der Waals surface area contributed by atoms with E-state index >= 15 is 0 Å². The van der Waals surface area contributed by atoms with E-state index in [1.807, 2.05) is 6.20 Å². The fourth-order valence-electron chi connectivity index (χ4n) is 5.14. The van der Waals surface area contributed by atoms with Crippen molar-refractivity contribution in [3.63, 3.8) is 0 Å². The molecule has 0 amide bonds. The summed E-state index contributed by atoms with van der Waals surface area (Å²) in [5.74, 6) is 0.623. The van der Waals surface area contributed by atoms with Crippen LogP contribution in [-0.4, -0.2) is 77.1 Å². The van der Waals surface area contributed by atoms with Crippen molar-refractivity contribution in [1.29, 1.82) is 0 Å². The van der Waals surface area contributed by atoms with Gasteiger partial charge in [-0.3, -0.25) is 4.90 Å². The zero-order chi connectivity index (χ0) is 23.3. The van der Waals surface area contributed by atoms with Gasteiger partial charge >= 0.3 is 0 Å². The fourth-order valence-corrected chi connectivity index (χ4v) is 5.14. The van der Waals surface area contributed by atoms with E-state index in [1.54, 1.807) is 7.11 Å². The number of halogens is 1. The minimum Gasteiger partial charge on any atom is -0.393 e. The molecule has 190 valence electrons. The van der Waals surface area contributed by atoms with Crippen molar-refractivity contribution in [2.75, 3.05) is 51.8 Å². The van der Waals surface area contributed by atoms with E-state index in [0.29, 0.717) is 25.1 Å². The van der Waals surface area contributed by atoms with Gasteiger partial charge in [-0.1, -0.05) is 24.3 Å². The van der Waals surface area contributed by atoms with Crippen LogP contribution in [0.4, 0.5) is 5.95 Å². The number of ether oxygens (including phenoxy) is 1. The summed E-state index contributed by atoms with van der Waals surface area (Å²) < 4.78 is 7.46. The highest BCUT2D eigenvalue weighted by molar-refractivity contribution is 5.94. The smallest absolute Gasteiger partial charge is 0.224 e. The van der Waals surface area contributed by atoms with Gasteiger partial charge in [0.1, 0.15) is 5.65 Å². The molecule has 35 heavy (non-hydrogen) atoms. The molecule has 1 aliphatic heterocycles. The monoisotopic (exact) mass is 500 g/mol. The highest BCUT2D eigenvalue weighted by Gasteiger charge is 2.24. The largest absolute Gasteiger partial charge is 0.393 e. The second-order valence-corrected chi connectivity index (χ2v) is 9.49. The van der Waals surface area contributed by atoms with Gasteiger partial charge in [0.05, 0.1) is 12.7 Å². The Kier molecular flexibility index (Phi) is 8.97. The maximum Gasteiger partial charge on any atom is 0.224 e. The van der Waals surface area contributed by atoms with Crippen LogP contribution in [-0.2, 0) is 11.3 Å². The Bertz CT molecular complexity index is 1080. The van der Waals surface area contributed by atoms with Crippen molar-refractivity contribution in [3.8, 4) is 11.1 Å². The first-order valence-corrected chi connectivity index (χ1v) is 12.5. The Hall–Kier alpha value is -2.23. The zero-order valence-electron chi connectivity index (χ0n) is 20.4. The summed E-state index contributed by atoms with van der Waals surface area (Å²) in [5.41, 5.74) is 4.65. The predicted octanol–water partition coefficient (Wildman–Crippen LogP) is 3.46. The van der Waals surface area contributed by atoms with Crippen LogP contribution >= 0.6 is 12.4 Å². The van der Waals surface area contributed by atoms with Crippen LogP contribution in [0, 0.1) is 0 Å². The lowest BCUT2D eigenvalue weighted by molar-refractivity contribution is 0.111. The molecule has 1 saturated heterocycles. The van der Waals surface area contributed by atoms with E-state index < -0.39 is 0 Å². The summed E-state index contributed by atoms with van der Waals surface area (Å²) in [5, 5.41) is 17.8. The number of benzene rings is 1. The highest BCUT2D eigenvalue weighted by atomic mass is 35.5. The molecule has 5 rings (SSSR count). The quantitative estimate of drug-likeness (QED) is 0.408. The molecule has 1 aliphatic carbocycles. The maximum absolute atomic E-state index is 10.0. The van der Waals surface area contributed by atoms with Crippen molar-refractivity contribution in [3.05, 3.63) is 42.2 Å². The zero-order valence-corrected chi connectivity index (χ0v) is 21.3. The first-order valence-electron chi connectivity index (χ1n) is 12.5. The Morgan fingerprint density at radius 2 is 1.86 bits per heavy atom. The molecule has 0 bridgehead atoms. The number of nitrogens with zero attached hydrogens (tertiary/aromatic N) is 4. The third-order valence-corrected chi connectivity index (χ3v) is 7.10. The molecule has 1 saturated carbocycles. The first-order chi connectivity index (χ1) is 16.7. The number of piperazine rings is 1. The van der Waals surface area contributed by atoms with Gasteiger partial charge in [-0.2, -0.15) is 4.98 Å². The van der Waals surface area contributed by atoms with Crippen molar-refractivity contribution in [1.82, 2.24) is 24.8 Å². The number of hydrogen-bond acceptors (Lipinski definition) is 7. The molecule has 3 N–H and O–H groups in total. The van der Waals surface area contributed by atoms with Gasteiger partial charge in [-0.25, -0.2) is 4.98 Å². The van der Waals surface area contributed by atoms with Gasteiger partial charge in [0.25, 0.3) is 0 Å². The summed E-state index contributed by atoms with van der Waals surface area (Å²) >= 11 is 0. The lowest BCUT2D eigenvalue weighted by Gasteiger charge is -2.27. The van der Waals surface area contributed by atoms with Crippen LogP contribution in [0.2, 0.25) is 0 Å². The van der Waals surface area contributed by atoms with E-state index in [1.165, 1.54) is 16.7 Å². The van der Waals surface area contributed by atoms with Gasteiger partial charge in [0.2, 0.25) is 5.95 Å². The second kappa shape index (κ2) is 12.1. The number of nitrogens with one attached hydrogen (secondary N) is 2. The van der Waals surface area contributed by atoms with Gasteiger partial charge in [-0.15, -0.1) is 12.4 Å². The summed E-state index contributed by atoms with van der Waals surface area (Å²) in [4.78, 5) is 12.0. The molecule has 2 fully saturated rings. The van der Waals surface area contributed by atoms with Crippen molar-refractivity contribution in [2.24, 2.45) is 0 Å². The number of aromatic nitrogens is 3. The van der Waals surface area contributed by atoms with Gasteiger partial charge in [-0.05, 0) is 36.8 Å². The van der Waals surface area contributed by atoms with Gasteiger partial charge < -0.3 is 25.0 Å². The molecule has 0 spiro atoms. The highest BCUT2D eigenvalue weighted by Crippen LogP contribution is 2.36. The predicted molar refractivity (Wildman–Crippen MR) is 142 cm³/mol. The number of rotatable bonds is 8. The summed E-state index contributed by atoms with van der Waals surface area (Å²) in [7, 11) is 1.69. The summed E-state index contributed by atoms with van der Waals surface area (Å²) in [6.45, 7) is 6.60. The molecule has 0 atom stereocenters. The Morgan fingerprint density at radius 1 is 1.11 bits per heavy atom. The molecule has 3 aromatic rings. The third kappa shape index (κ3) is 6.13. The molecule has 2 aromatic heterocycles. The number of anilines is 1. The number of aliphatic hydroxyl groups excluding tert-OH is 1. The average molecular weight is 501 g/mol. The second-order valence-electron chi connectivity index (χ2n) is 9.49. The van der Waals surface area contributed by atoms with Crippen molar-refractivity contribution >= 4 is 29.4 Å². The number of aliphatic hydroxyl groups is 1. The molecule has 9 heteroatoms. The number of methoxy groups -OCH3 is 1. The maximum atomic E-state index is 10.0. The Balaban J connectivity index is 0.00000289. The molecular weight excluding hydrogens is 464 g/mol. The minimum absolute atomic E-state index is 0. The van der Waals surface area contributed by atoms with Crippen molar-refractivity contribution < 1.29 is 9.84 Å². The lowest BCUT2D eigenvalue weighted by atomic mass is 9.93. The molecule has 0 unspecified atom stereocenters. The number of hydrogen-bond donors (Lipinski definition) is 3. The molecule has 0 radical (unpaired) electrons. The van der Waals surface area contributed by atoms with Crippen LogP contribution in [0.15, 0.2) is 36.7 Å². The summed E-state index contributed by atoms with van der Waals surface area (Å²) in [6.07, 6.45) is 7.60. The molecule has 2 aliphatic rings. The van der Waals surface area contributed by atoms with E-state index in [0.717, 1.165) is 69.4 Å². The average Bonchev–Trinajstić information content (AvgIpc) is 3.25. The first kappa shape index (κ1) is 25.9. The summed E-state index contributed by atoms with van der Waals surface area (Å²) in [6, 6.07) is 9.30. The van der Waals surface area contributed by atoms with Crippen LogP contribution in [0.3, 0.4) is 0 Å². The number of fused-ring (bicyclic) bond motifs is 1. The van der Waals surface area contributed by atoms with Crippen LogP contribution in [0.25, 0.3) is 22.2 Å². The van der Waals surface area contributed by atoms with Crippen LogP contribution < -0.4 is 10.6 Å². The van der Waals surface area contributed by atoms with E-state index in [4.69, 9.17) is 9.72 Å².